The van der Waals surface area contributed by atoms with Gasteiger partial charge in [-0.25, -0.2) is 12.9 Å². The van der Waals surface area contributed by atoms with Gasteiger partial charge in [-0.1, -0.05) is 6.07 Å². The van der Waals surface area contributed by atoms with Crippen molar-refractivity contribution in [2.45, 2.75) is 42.8 Å². The molecular formula is C22H24F4N2O3S. The average molecular weight is 473 g/mol. The van der Waals surface area contributed by atoms with Gasteiger partial charge in [0.15, 0.2) is 0 Å². The third kappa shape index (κ3) is 7.03. The first-order valence-electron chi connectivity index (χ1n) is 10.2. The van der Waals surface area contributed by atoms with E-state index in [2.05, 4.69) is 5.32 Å². The highest BCUT2D eigenvalue weighted by Gasteiger charge is 2.30. The molecule has 2 aromatic carbocycles. The van der Waals surface area contributed by atoms with E-state index in [9.17, 15) is 26.6 Å². The van der Waals surface area contributed by atoms with Crippen LogP contribution in [0.25, 0.3) is 0 Å². The molecule has 174 valence electrons. The van der Waals surface area contributed by atoms with Gasteiger partial charge in [0, 0.05) is 25.6 Å². The van der Waals surface area contributed by atoms with E-state index in [4.69, 9.17) is 4.74 Å². The Balaban J connectivity index is 1.35. The van der Waals surface area contributed by atoms with Crippen molar-refractivity contribution in [2.24, 2.45) is 0 Å². The molecule has 0 aliphatic carbocycles. The number of ether oxygens (including phenoxy) is 1. The lowest BCUT2D eigenvalue weighted by Crippen LogP contribution is -2.45. The summed E-state index contributed by atoms with van der Waals surface area (Å²) in [6.07, 6.45) is -2.59. The van der Waals surface area contributed by atoms with Gasteiger partial charge < -0.3 is 10.1 Å². The van der Waals surface area contributed by atoms with Crippen LogP contribution in [0.3, 0.4) is 0 Å². The minimum absolute atomic E-state index is 0.0339. The summed E-state index contributed by atoms with van der Waals surface area (Å²) in [6.45, 7) is 1.20. The molecule has 0 bridgehead atoms. The van der Waals surface area contributed by atoms with Crippen LogP contribution in [-0.4, -0.2) is 40.2 Å². The van der Waals surface area contributed by atoms with E-state index in [1.54, 1.807) is 4.31 Å². The summed E-state index contributed by atoms with van der Waals surface area (Å²) in [5.74, 6) is -0.426. The van der Waals surface area contributed by atoms with Crippen LogP contribution < -0.4 is 10.1 Å². The second-order valence-electron chi connectivity index (χ2n) is 7.45. The number of carbonyl (C=O) groups is 1. The zero-order valence-electron chi connectivity index (χ0n) is 17.2. The monoisotopic (exact) mass is 472 g/mol. The third-order valence-electron chi connectivity index (χ3n) is 5.05. The summed E-state index contributed by atoms with van der Waals surface area (Å²) in [5.41, 5.74) is -0.778. The largest absolute Gasteiger partial charge is 0.494 e. The molecule has 1 saturated heterocycles. The van der Waals surface area contributed by atoms with Gasteiger partial charge in [-0.3, -0.25) is 4.79 Å². The summed E-state index contributed by atoms with van der Waals surface area (Å²) >= 11 is 0. The van der Waals surface area contributed by atoms with E-state index in [1.165, 1.54) is 36.4 Å². The number of amides is 1. The maximum absolute atomic E-state index is 13.0. The van der Waals surface area contributed by atoms with Gasteiger partial charge in [-0.05, 0) is 61.7 Å². The van der Waals surface area contributed by atoms with Crippen molar-refractivity contribution >= 4 is 16.9 Å². The van der Waals surface area contributed by atoms with E-state index >= 15 is 0 Å². The van der Waals surface area contributed by atoms with E-state index in [0.717, 1.165) is 12.1 Å². The molecular weight excluding hydrogens is 448 g/mol. The first kappa shape index (κ1) is 24.2. The number of rotatable bonds is 8. The topological polar surface area (TPSA) is 58.6 Å². The predicted molar refractivity (Wildman–Crippen MR) is 112 cm³/mol. The molecule has 5 nitrogen and oxygen atoms in total. The lowest BCUT2D eigenvalue weighted by atomic mass is 10.1. The van der Waals surface area contributed by atoms with Gasteiger partial charge in [0.05, 0.1) is 17.1 Å². The Morgan fingerprint density at radius 1 is 1.12 bits per heavy atom. The number of benzene rings is 2. The molecule has 0 spiro atoms. The van der Waals surface area contributed by atoms with Gasteiger partial charge in [0.25, 0.3) is 0 Å². The molecule has 1 unspecified atom stereocenters. The Morgan fingerprint density at radius 2 is 1.81 bits per heavy atom. The Bertz CT molecular complexity index is 930. The lowest BCUT2D eigenvalue weighted by Gasteiger charge is -2.31. The quantitative estimate of drug-likeness (QED) is 0.460. The van der Waals surface area contributed by atoms with Gasteiger partial charge in [0.2, 0.25) is 5.91 Å². The molecule has 0 aromatic heterocycles. The minimum atomic E-state index is -4.43. The van der Waals surface area contributed by atoms with Crippen molar-refractivity contribution in [1.29, 1.82) is 0 Å². The maximum Gasteiger partial charge on any atom is 0.416 e. The van der Waals surface area contributed by atoms with Gasteiger partial charge >= 0.3 is 6.18 Å². The first-order valence-corrected chi connectivity index (χ1v) is 11.3. The molecule has 1 atom stereocenters. The molecule has 2 aromatic rings. The number of piperidine rings is 1. The fourth-order valence-electron chi connectivity index (χ4n) is 3.35. The normalized spacial score (nSPS) is 16.5. The molecule has 1 heterocycles. The first-order chi connectivity index (χ1) is 15.2. The molecule has 1 fully saturated rings. The summed E-state index contributed by atoms with van der Waals surface area (Å²) in [6, 6.07) is 10.1. The van der Waals surface area contributed by atoms with Crippen LogP contribution in [-0.2, 0) is 22.0 Å². The van der Waals surface area contributed by atoms with Gasteiger partial charge in [-0.2, -0.15) is 13.2 Å². The smallest absolute Gasteiger partial charge is 0.416 e. The van der Waals surface area contributed by atoms with Crippen LogP contribution >= 0.6 is 0 Å². The van der Waals surface area contributed by atoms with E-state index in [0.29, 0.717) is 37.2 Å². The van der Waals surface area contributed by atoms with E-state index in [-0.39, 0.29) is 36.5 Å². The summed E-state index contributed by atoms with van der Waals surface area (Å²) in [4.78, 5) is 12.7. The molecule has 0 saturated carbocycles. The van der Waals surface area contributed by atoms with Crippen LogP contribution in [0.1, 0.15) is 31.2 Å². The number of nitrogens with zero attached hydrogens (tertiary/aromatic N) is 1. The highest BCUT2D eigenvalue weighted by molar-refractivity contribution is 7.82. The van der Waals surface area contributed by atoms with E-state index in [1.807, 2.05) is 0 Å². The van der Waals surface area contributed by atoms with E-state index < -0.39 is 22.7 Å². The zero-order valence-corrected chi connectivity index (χ0v) is 18.1. The van der Waals surface area contributed by atoms with Gasteiger partial charge in [0.1, 0.15) is 22.6 Å². The Hall–Kier alpha value is -2.46. The Kier molecular flexibility index (Phi) is 8.25. The summed E-state index contributed by atoms with van der Waals surface area (Å²) < 4.78 is 70.8. The van der Waals surface area contributed by atoms with Crippen LogP contribution in [0.2, 0.25) is 0 Å². The molecule has 1 N–H and O–H groups in total. The molecule has 1 aliphatic rings. The second-order valence-corrected chi connectivity index (χ2v) is 8.94. The Morgan fingerprint density at radius 3 is 2.47 bits per heavy atom. The molecule has 0 radical (unpaired) electrons. The SMILES string of the molecule is O=C(CCCOc1cccc(C(F)(F)F)c1)NC1CCN(S(=O)c2ccc(F)cc2)CC1. The predicted octanol–water partition coefficient (Wildman–Crippen LogP) is 4.31. The second kappa shape index (κ2) is 10.9. The number of hydrogen-bond acceptors (Lipinski definition) is 3. The highest BCUT2D eigenvalue weighted by atomic mass is 32.2. The number of hydrogen-bond donors (Lipinski definition) is 1. The van der Waals surface area contributed by atoms with Crippen molar-refractivity contribution in [2.75, 3.05) is 19.7 Å². The van der Waals surface area contributed by atoms with Crippen molar-refractivity contribution in [1.82, 2.24) is 9.62 Å². The Labute approximate surface area is 186 Å². The van der Waals surface area contributed by atoms with Crippen molar-refractivity contribution in [3.63, 3.8) is 0 Å². The van der Waals surface area contributed by atoms with Crippen LogP contribution in [0.4, 0.5) is 17.6 Å². The average Bonchev–Trinajstić information content (AvgIpc) is 2.77. The highest BCUT2D eigenvalue weighted by Crippen LogP contribution is 2.31. The van der Waals surface area contributed by atoms with Crippen LogP contribution in [0.5, 0.6) is 5.75 Å². The standard InChI is InChI=1S/C22H24F4N2O3S/c23-17-6-8-20(9-7-17)32(30)28-12-10-18(11-13-28)27-21(29)5-2-14-31-19-4-1-3-16(15-19)22(24,25)26/h1,3-4,6-9,15,18H,2,5,10-14H2,(H,27,29). The third-order valence-corrected chi connectivity index (χ3v) is 6.56. The molecule has 1 aliphatic heterocycles. The fraction of sp³-hybridized carbons (Fsp3) is 0.409. The number of nitrogens with one attached hydrogen (secondary N) is 1. The van der Waals surface area contributed by atoms with Crippen molar-refractivity contribution < 1.29 is 31.3 Å². The summed E-state index contributed by atoms with van der Waals surface area (Å²) in [5, 5.41) is 2.93. The van der Waals surface area contributed by atoms with Crippen LogP contribution in [0.15, 0.2) is 53.4 Å². The van der Waals surface area contributed by atoms with Crippen molar-refractivity contribution in [3.8, 4) is 5.75 Å². The lowest BCUT2D eigenvalue weighted by molar-refractivity contribution is -0.137. The summed E-state index contributed by atoms with van der Waals surface area (Å²) in [7, 11) is -1.37. The number of halogens is 4. The molecule has 3 rings (SSSR count). The molecule has 1 amide bonds. The minimum Gasteiger partial charge on any atom is -0.494 e. The molecule has 32 heavy (non-hydrogen) atoms. The number of alkyl halides is 3. The fourth-order valence-corrected chi connectivity index (χ4v) is 4.56. The van der Waals surface area contributed by atoms with Gasteiger partial charge in [-0.15, -0.1) is 0 Å². The van der Waals surface area contributed by atoms with Crippen molar-refractivity contribution in [3.05, 3.63) is 59.9 Å². The zero-order chi connectivity index (χ0) is 23.1. The maximum atomic E-state index is 13.0. The van der Waals surface area contributed by atoms with Crippen LogP contribution in [0, 0.1) is 5.82 Å². The number of carbonyl (C=O) groups excluding carboxylic acids is 1. The molecule has 10 heteroatoms.